The van der Waals surface area contributed by atoms with Crippen LogP contribution in [0, 0.1) is 0 Å². The van der Waals surface area contributed by atoms with E-state index in [0.717, 1.165) is 47.2 Å². The topological polar surface area (TPSA) is 62.5 Å². The number of nitrogens with zero attached hydrogens (tertiary/aromatic N) is 4. The summed E-state index contributed by atoms with van der Waals surface area (Å²) in [5, 5.41) is 0.722. The van der Waals surface area contributed by atoms with Gasteiger partial charge in [0, 0.05) is 43.5 Å². The van der Waals surface area contributed by atoms with Crippen LogP contribution < -0.4 is 0 Å². The molecule has 2 aromatic heterocycles. The second kappa shape index (κ2) is 10.1. The smallest absolute Gasteiger partial charge is 0.236 e. The van der Waals surface area contributed by atoms with Gasteiger partial charge in [-0.3, -0.25) is 14.7 Å². The molecular weight excluding hydrogens is 412 g/mol. The fourth-order valence-corrected chi connectivity index (χ4v) is 4.12. The van der Waals surface area contributed by atoms with E-state index in [4.69, 9.17) is 16.0 Å². The van der Waals surface area contributed by atoms with Crippen LogP contribution in [0.15, 0.2) is 59.4 Å². The van der Waals surface area contributed by atoms with Crippen LogP contribution in [0.1, 0.15) is 41.5 Å². The van der Waals surface area contributed by atoms with Crippen molar-refractivity contribution in [2.24, 2.45) is 0 Å². The quantitative estimate of drug-likeness (QED) is 0.554. The Morgan fingerprint density at radius 1 is 1.23 bits per heavy atom. The highest BCUT2D eigenvalue weighted by Crippen LogP contribution is 2.27. The summed E-state index contributed by atoms with van der Waals surface area (Å²) in [6, 6.07) is 11.7. The van der Waals surface area contributed by atoms with Gasteiger partial charge in [0.05, 0.1) is 18.7 Å². The number of piperidine rings is 1. The van der Waals surface area contributed by atoms with Crippen LogP contribution in [0.4, 0.5) is 0 Å². The second-order valence-corrected chi connectivity index (χ2v) is 8.62. The number of rotatable bonds is 7. The first-order chi connectivity index (χ1) is 15.1. The lowest BCUT2D eigenvalue weighted by molar-refractivity contribution is -0.133. The molecule has 1 aliphatic heterocycles. The SMILES string of the molecule is CN(CC(=O)N1CCC[C@H](c2ncc(Cc3ccc(Cl)cc3)o2)C1)Cc1cccnc1. The van der Waals surface area contributed by atoms with Crippen molar-refractivity contribution in [1.82, 2.24) is 19.8 Å². The molecule has 4 rings (SSSR count). The number of halogens is 1. The number of aromatic nitrogens is 2. The molecule has 0 aliphatic carbocycles. The highest BCUT2D eigenvalue weighted by Gasteiger charge is 2.28. The van der Waals surface area contributed by atoms with Gasteiger partial charge in [-0.25, -0.2) is 4.98 Å². The van der Waals surface area contributed by atoms with Gasteiger partial charge in [0.25, 0.3) is 0 Å². The van der Waals surface area contributed by atoms with Crippen LogP contribution in [-0.2, 0) is 17.8 Å². The molecule has 0 N–H and O–H groups in total. The van der Waals surface area contributed by atoms with Crippen molar-refractivity contribution < 1.29 is 9.21 Å². The molecule has 1 atom stereocenters. The summed E-state index contributed by atoms with van der Waals surface area (Å²) < 4.78 is 6.05. The van der Waals surface area contributed by atoms with Crippen molar-refractivity contribution in [3.05, 3.63) is 82.8 Å². The number of carbonyl (C=O) groups is 1. The van der Waals surface area contributed by atoms with Crippen molar-refractivity contribution in [3.8, 4) is 0 Å². The van der Waals surface area contributed by atoms with Crippen molar-refractivity contribution in [3.63, 3.8) is 0 Å². The van der Waals surface area contributed by atoms with E-state index in [9.17, 15) is 4.79 Å². The molecule has 1 aromatic carbocycles. The number of benzene rings is 1. The van der Waals surface area contributed by atoms with E-state index in [1.807, 2.05) is 59.4 Å². The lowest BCUT2D eigenvalue weighted by Gasteiger charge is -2.32. The third-order valence-corrected chi connectivity index (χ3v) is 5.82. The monoisotopic (exact) mass is 438 g/mol. The molecule has 6 nitrogen and oxygen atoms in total. The first-order valence-corrected chi connectivity index (χ1v) is 11.0. The van der Waals surface area contributed by atoms with Gasteiger partial charge in [0.1, 0.15) is 5.76 Å². The Labute approximate surface area is 187 Å². The predicted molar refractivity (Wildman–Crippen MR) is 120 cm³/mol. The Morgan fingerprint density at radius 2 is 2.06 bits per heavy atom. The lowest BCUT2D eigenvalue weighted by Crippen LogP contribution is -2.43. The van der Waals surface area contributed by atoms with Gasteiger partial charge in [0.2, 0.25) is 5.91 Å². The fourth-order valence-electron chi connectivity index (χ4n) is 3.99. The molecule has 0 unspecified atom stereocenters. The van der Waals surface area contributed by atoms with E-state index in [0.29, 0.717) is 26.1 Å². The molecule has 1 aliphatic rings. The molecule has 1 amide bonds. The average Bonchev–Trinajstić information content (AvgIpc) is 3.24. The van der Waals surface area contributed by atoms with E-state index < -0.39 is 0 Å². The molecule has 3 heterocycles. The molecule has 0 radical (unpaired) electrons. The molecule has 0 bridgehead atoms. The van der Waals surface area contributed by atoms with Crippen molar-refractivity contribution >= 4 is 17.5 Å². The Kier molecular flexibility index (Phi) is 6.99. The maximum Gasteiger partial charge on any atom is 0.236 e. The maximum atomic E-state index is 12.9. The lowest BCUT2D eigenvalue weighted by atomic mass is 9.98. The Morgan fingerprint density at radius 3 is 2.84 bits per heavy atom. The predicted octanol–water partition coefficient (Wildman–Crippen LogP) is 4.15. The minimum atomic E-state index is 0.139. The number of oxazole rings is 1. The molecule has 31 heavy (non-hydrogen) atoms. The number of pyridine rings is 1. The molecule has 1 fully saturated rings. The number of hydrogen-bond acceptors (Lipinski definition) is 5. The first-order valence-electron chi connectivity index (χ1n) is 10.6. The first kappa shape index (κ1) is 21.5. The van der Waals surface area contributed by atoms with Crippen molar-refractivity contribution in [2.75, 3.05) is 26.7 Å². The highest BCUT2D eigenvalue weighted by atomic mass is 35.5. The molecule has 0 spiro atoms. The van der Waals surface area contributed by atoms with Gasteiger partial charge in [-0.2, -0.15) is 0 Å². The number of amides is 1. The average molecular weight is 439 g/mol. The Balaban J connectivity index is 1.32. The van der Waals surface area contributed by atoms with E-state index in [1.54, 1.807) is 12.4 Å². The highest BCUT2D eigenvalue weighted by molar-refractivity contribution is 6.30. The van der Waals surface area contributed by atoms with E-state index in [2.05, 4.69) is 9.97 Å². The fraction of sp³-hybridized carbons (Fsp3) is 0.375. The number of hydrogen-bond donors (Lipinski definition) is 0. The van der Waals surface area contributed by atoms with E-state index >= 15 is 0 Å². The maximum absolute atomic E-state index is 12.9. The standard InChI is InChI=1S/C24H27ClN4O2/c1-28(15-19-4-2-10-26-13-19)17-23(30)29-11-3-5-20(16-29)24-27-14-22(31-24)12-18-6-8-21(25)9-7-18/h2,4,6-10,13-14,20H,3,5,11-12,15-17H2,1H3/t20-/m0/s1. The van der Waals surface area contributed by atoms with Crippen LogP contribution in [0.25, 0.3) is 0 Å². The third-order valence-electron chi connectivity index (χ3n) is 5.57. The summed E-state index contributed by atoms with van der Waals surface area (Å²) in [5.41, 5.74) is 2.23. The molecule has 7 heteroatoms. The number of carbonyl (C=O) groups excluding carboxylic acids is 1. The van der Waals surface area contributed by atoms with Gasteiger partial charge in [-0.05, 0) is 49.2 Å². The zero-order valence-electron chi connectivity index (χ0n) is 17.7. The zero-order chi connectivity index (χ0) is 21.6. The summed E-state index contributed by atoms with van der Waals surface area (Å²) in [6.45, 7) is 2.52. The summed E-state index contributed by atoms with van der Waals surface area (Å²) >= 11 is 5.96. The molecule has 162 valence electrons. The van der Waals surface area contributed by atoms with Crippen molar-refractivity contribution in [1.29, 1.82) is 0 Å². The number of likely N-dealkylation sites (N-methyl/N-ethyl adjacent to an activating group) is 1. The Bertz CT molecular complexity index is 990. The summed E-state index contributed by atoms with van der Waals surface area (Å²) in [7, 11) is 1.96. The van der Waals surface area contributed by atoms with Gasteiger partial charge >= 0.3 is 0 Å². The summed E-state index contributed by atoms with van der Waals surface area (Å²) in [4.78, 5) is 25.5. The van der Waals surface area contributed by atoms with Gasteiger partial charge < -0.3 is 9.32 Å². The van der Waals surface area contributed by atoms with Crippen LogP contribution in [-0.4, -0.2) is 52.4 Å². The van der Waals surface area contributed by atoms with Gasteiger partial charge in [-0.1, -0.05) is 29.8 Å². The Hall–Kier alpha value is -2.70. The molecular formula is C24H27ClN4O2. The van der Waals surface area contributed by atoms with E-state index in [-0.39, 0.29) is 11.8 Å². The van der Waals surface area contributed by atoms with Crippen LogP contribution in [0.2, 0.25) is 5.02 Å². The zero-order valence-corrected chi connectivity index (χ0v) is 18.5. The van der Waals surface area contributed by atoms with Gasteiger partial charge in [-0.15, -0.1) is 0 Å². The summed E-state index contributed by atoms with van der Waals surface area (Å²) in [6.07, 6.45) is 8.01. The van der Waals surface area contributed by atoms with Crippen LogP contribution >= 0.6 is 11.6 Å². The van der Waals surface area contributed by atoms with Crippen LogP contribution in [0.3, 0.4) is 0 Å². The minimum absolute atomic E-state index is 0.139. The second-order valence-electron chi connectivity index (χ2n) is 8.18. The number of likely N-dealkylation sites (tertiary alicyclic amines) is 1. The molecule has 3 aromatic rings. The molecule has 0 saturated carbocycles. The third kappa shape index (κ3) is 5.93. The largest absolute Gasteiger partial charge is 0.445 e. The minimum Gasteiger partial charge on any atom is -0.445 e. The van der Waals surface area contributed by atoms with Crippen LogP contribution in [0.5, 0.6) is 0 Å². The summed E-state index contributed by atoms with van der Waals surface area (Å²) in [5.74, 6) is 1.84. The van der Waals surface area contributed by atoms with Gasteiger partial charge in [0.15, 0.2) is 5.89 Å². The van der Waals surface area contributed by atoms with E-state index in [1.165, 1.54) is 0 Å². The normalized spacial score (nSPS) is 16.6. The van der Waals surface area contributed by atoms with Crippen molar-refractivity contribution in [2.45, 2.75) is 31.7 Å². The molecule has 1 saturated heterocycles.